The van der Waals surface area contributed by atoms with Crippen LogP contribution in [0.2, 0.25) is 0 Å². The Balaban J connectivity index is 1.79. The Morgan fingerprint density at radius 1 is 1.11 bits per heavy atom. The minimum Gasteiger partial charge on any atom is -0.511 e. The Hall–Kier alpha value is -3.22. The first-order valence-corrected chi connectivity index (χ1v) is 9.43. The highest BCUT2D eigenvalue weighted by Crippen LogP contribution is 2.38. The third kappa shape index (κ3) is 3.74. The zero-order valence-corrected chi connectivity index (χ0v) is 15.3. The Morgan fingerprint density at radius 2 is 1.86 bits per heavy atom. The molecule has 7 nitrogen and oxygen atoms in total. The topological polar surface area (TPSA) is 105 Å². The Bertz CT molecular complexity index is 1130. The van der Waals surface area contributed by atoms with Gasteiger partial charge >= 0.3 is 5.97 Å². The zero-order valence-electron chi connectivity index (χ0n) is 15.3. The van der Waals surface area contributed by atoms with Crippen LogP contribution in [-0.4, -0.2) is 30.8 Å². The van der Waals surface area contributed by atoms with Gasteiger partial charge in [0.05, 0.1) is 6.42 Å². The van der Waals surface area contributed by atoms with Crippen molar-refractivity contribution in [3.8, 4) is 0 Å². The summed E-state index contributed by atoms with van der Waals surface area (Å²) in [7, 11) is 0. The van der Waals surface area contributed by atoms with Crippen molar-refractivity contribution in [1.29, 1.82) is 0 Å². The van der Waals surface area contributed by atoms with Gasteiger partial charge in [0.1, 0.15) is 11.0 Å². The van der Waals surface area contributed by atoms with Gasteiger partial charge in [0.25, 0.3) is 0 Å². The summed E-state index contributed by atoms with van der Waals surface area (Å²) < 4.78 is 1.64. The average molecular weight is 379 g/mol. The minimum atomic E-state index is -1.03. The summed E-state index contributed by atoms with van der Waals surface area (Å²) in [5.74, 6) is -0.304. The van der Waals surface area contributed by atoms with Crippen molar-refractivity contribution < 1.29 is 15.0 Å². The van der Waals surface area contributed by atoms with Gasteiger partial charge in [0.15, 0.2) is 16.9 Å². The second-order valence-electron chi connectivity index (χ2n) is 7.18. The number of carboxylic acids is 1. The molecule has 0 bridgehead atoms. The van der Waals surface area contributed by atoms with Gasteiger partial charge in [0.2, 0.25) is 0 Å². The molecule has 7 heteroatoms. The van der Waals surface area contributed by atoms with Gasteiger partial charge in [-0.05, 0) is 31.2 Å². The lowest BCUT2D eigenvalue weighted by Gasteiger charge is -2.06. The van der Waals surface area contributed by atoms with Crippen molar-refractivity contribution in [1.82, 2.24) is 14.6 Å². The molecular formula is C21H21N3O4. The number of carbonyl (C=O) groups is 1. The molecule has 0 aliphatic heterocycles. The molecule has 0 amide bonds. The van der Waals surface area contributed by atoms with E-state index < -0.39 is 5.97 Å². The number of hydrogen-bond acceptors (Lipinski definition) is 5. The first-order chi connectivity index (χ1) is 13.5. The molecule has 144 valence electrons. The molecule has 1 saturated carbocycles. The van der Waals surface area contributed by atoms with Crippen molar-refractivity contribution in [2.45, 2.75) is 44.4 Å². The number of fused-ring (bicyclic) bond motifs is 1. The SMILES string of the molecule is O=C(O)CC/C(O)=c1\c(=O)cc(CCc2ccccc2)n2nc(C3CC3)nc12. The van der Waals surface area contributed by atoms with E-state index in [1.165, 1.54) is 6.07 Å². The molecule has 2 aromatic heterocycles. The molecule has 1 aliphatic rings. The number of aliphatic hydroxyl groups excluding tert-OH is 1. The van der Waals surface area contributed by atoms with E-state index >= 15 is 0 Å². The van der Waals surface area contributed by atoms with E-state index in [9.17, 15) is 14.7 Å². The van der Waals surface area contributed by atoms with E-state index in [4.69, 9.17) is 5.11 Å². The lowest BCUT2D eigenvalue weighted by molar-refractivity contribution is -0.136. The van der Waals surface area contributed by atoms with Crippen LogP contribution in [0.3, 0.4) is 0 Å². The molecule has 0 saturated heterocycles. The number of aliphatic hydroxyl groups is 1. The number of aliphatic carboxylic acids is 1. The van der Waals surface area contributed by atoms with Crippen LogP contribution in [-0.2, 0) is 17.6 Å². The summed E-state index contributed by atoms with van der Waals surface area (Å²) in [6.07, 6.45) is 3.03. The summed E-state index contributed by atoms with van der Waals surface area (Å²) in [6, 6.07) is 11.5. The van der Waals surface area contributed by atoms with E-state index in [2.05, 4.69) is 10.1 Å². The van der Waals surface area contributed by atoms with Crippen molar-refractivity contribution in [3.05, 3.63) is 68.9 Å². The van der Waals surface area contributed by atoms with Crippen LogP contribution >= 0.6 is 0 Å². The van der Waals surface area contributed by atoms with Crippen molar-refractivity contribution in [2.24, 2.45) is 0 Å². The molecule has 4 rings (SSSR count). The van der Waals surface area contributed by atoms with Crippen LogP contribution in [0.4, 0.5) is 0 Å². The third-order valence-electron chi connectivity index (χ3n) is 4.98. The molecule has 0 radical (unpaired) electrons. The maximum atomic E-state index is 12.7. The van der Waals surface area contributed by atoms with E-state index in [1.807, 2.05) is 30.3 Å². The van der Waals surface area contributed by atoms with Crippen molar-refractivity contribution >= 4 is 17.4 Å². The zero-order chi connectivity index (χ0) is 19.7. The predicted octanol–water partition coefficient (Wildman–Crippen LogP) is 2.00. The van der Waals surface area contributed by atoms with Gasteiger partial charge in [-0.1, -0.05) is 30.3 Å². The molecule has 0 spiro atoms. The van der Waals surface area contributed by atoms with E-state index in [0.717, 1.165) is 30.5 Å². The first kappa shape index (κ1) is 18.2. The van der Waals surface area contributed by atoms with Gasteiger partial charge in [-0.3, -0.25) is 9.59 Å². The summed E-state index contributed by atoms with van der Waals surface area (Å²) in [5, 5.41) is 23.9. The molecule has 1 aliphatic carbocycles. The van der Waals surface area contributed by atoms with Gasteiger partial charge in [-0.25, -0.2) is 9.50 Å². The van der Waals surface area contributed by atoms with Gasteiger partial charge < -0.3 is 10.2 Å². The maximum Gasteiger partial charge on any atom is 0.303 e. The lowest BCUT2D eigenvalue weighted by Crippen LogP contribution is -2.31. The van der Waals surface area contributed by atoms with Crippen LogP contribution in [0.1, 0.15) is 48.7 Å². The monoisotopic (exact) mass is 379 g/mol. The Labute approximate surface area is 161 Å². The summed E-state index contributed by atoms with van der Waals surface area (Å²) >= 11 is 0. The molecule has 1 aromatic carbocycles. The number of hydrogen-bond donors (Lipinski definition) is 2. The average Bonchev–Trinajstić information content (AvgIpc) is 3.44. The quantitative estimate of drug-likeness (QED) is 0.651. The molecule has 3 aromatic rings. The highest BCUT2D eigenvalue weighted by Gasteiger charge is 2.29. The number of aromatic nitrogens is 3. The van der Waals surface area contributed by atoms with Crippen LogP contribution in [0, 0.1) is 0 Å². The second-order valence-corrected chi connectivity index (χ2v) is 7.18. The molecule has 2 heterocycles. The number of pyridine rings is 1. The summed E-state index contributed by atoms with van der Waals surface area (Å²) in [4.78, 5) is 28.1. The fourth-order valence-corrected chi connectivity index (χ4v) is 3.32. The van der Waals surface area contributed by atoms with Crippen LogP contribution in [0.5, 0.6) is 0 Å². The van der Waals surface area contributed by atoms with E-state index in [0.29, 0.717) is 23.8 Å². The number of aryl methyl sites for hydroxylation is 2. The van der Waals surface area contributed by atoms with Gasteiger partial charge in [-0.15, -0.1) is 0 Å². The number of nitrogens with zero attached hydrogens (tertiary/aromatic N) is 3. The fourth-order valence-electron chi connectivity index (χ4n) is 3.32. The largest absolute Gasteiger partial charge is 0.511 e. The van der Waals surface area contributed by atoms with E-state index in [-0.39, 0.29) is 29.2 Å². The van der Waals surface area contributed by atoms with Crippen LogP contribution in [0.15, 0.2) is 41.2 Å². The lowest BCUT2D eigenvalue weighted by atomic mass is 10.1. The normalized spacial score (nSPS) is 15.0. The molecular weight excluding hydrogens is 358 g/mol. The molecule has 0 atom stereocenters. The molecule has 0 unspecified atom stereocenters. The number of carboxylic acid groups (broad SMARTS) is 1. The van der Waals surface area contributed by atoms with E-state index in [1.54, 1.807) is 4.52 Å². The molecule has 1 fully saturated rings. The Morgan fingerprint density at radius 3 is 2.54 bits per heavy atom. The highest BCUT2D eigenvalue weighted by molar-refractivity contribution is 5.68. The minimum absolute atomic E-state index is 0.0594. The van der Waals surface area contributed by atoms with Crippen LogP contribution < -0.4 is 10.6 Å². The number of rotatable bonds is 7. The van der Waals surface area contributed by atoms with Crippen molar-refractivity contribution in [3.63, 3.8) is 0 Å². The maximum absolute atomic E-state index is 12.7. The summed E-state index contributed by atoms with van der Waals surface area (Å²) in [5.41, 5.74) is 1.86. The fraction of sp³-hybridized carbons (Fsp3) is 0.333. The highest BCUT2D eigenvalue weighted by atomic mass is 16.4. The molecule has 28 heavy (non-hydrogen) atoms. The van der Waals surface area contributed by atoms with Crippen LogP contribution in [0.25, 0.3) is 11.4 Å². The molecule has 2 N–H and O–H groups in total. The second kappa shape index (κ2) is 7.42. The predicted molar refractivity (Wildman–Crippen MR) is 103 cm³/mol. The number of benzene rings is 1. The standard InChI is InChI=1S/C21H21N3O4/c25-16(10-11-18(27)28)19-17(26)12-15(9-6-13-4-2-1-3-5-13)24-21(19)22-20(23-24)14-7-8-14/h1-5,12,14,25H,6-11H2,(H,27,28)/b19-16-. The third-order valence-corrected chi connectivity index (χ3v) is 4.98. The van der Waals surface area contributed by atoms with Gasteiger partial charge in [0, 0.05) is 24.1 Å². The van der Waals surface area contributed by atoms with Gasteiger partial charge in [-0.2, -0.15) is 5.10 Å². The van der Waals surface area contributed by atoms with Crippen molar-refractivity contribution in [2.75, 3.05) is 0 Å². The smallest absolute Gasteiger partial charge is 0.303 e. The summed E-state index contributed by atoms with van der Waals surface area (Å²) in [6.45, 7) is 0. The Kier molecular flexibility index (Phi) is 4.81. The first-order valence-electron chi connectivity index (χ1n) is 9.43.